The number of carbonyl (C=O) groups excluding carboxylic acids is 1. The highest BCUT2D eigenvalue weighted by molar-refractivity contribution is 5.86. The molecule has 0 heterocycles. The number of alkyl halides is 3. The van der Waals surface area contributed by atoms with Gasteiger partial charge < -0.3 is 15.5 Å². The Bertz CT molecular complexity index is 572. The zero-order valence-electron chi connectivity index (χ0n) is 13.8. The van der Waals surface area contributed by atoms with Gasteiger partial charge in [-0.25, -0.2) is 4.79 Å². The van der Waals surface area contributed by atoms with Crippen molar-refractivity contribution in [1.29, 1.82) is 0 Å². The van der Waals surface area contributed by atoms with Crippen molar-refractivity contribution in [3.05, 3.63) is 35.4 Å². The lowest BCUT2D eigenvalue weighted by Crippen LogP contribution is -2.43. The maximum atomic E-state index is 12.5. The first-order valence-corrected chi connectivity index (χ1v) is 8.05. The van der Waals surface area contributed by atoms with Crippen LogP contribution in [-0.2, 0) is 15.8 Å². The van der Waals surface area contributed by atoms with Crippen molar-refractivity contribution >= 4 is 11.9 Å². The van der Waals surface area contributed by atoms with E-state index in [4.69, 9.17) is 5.11 Å². The van der Waals surface area contributed by atoms with Crippen molar-refractivity contribution in [3.8, 4) is 0 Å². The van der Waals surface area contributed by atoms with E-state index in [-0.39, 0.29) is 12.0 Å². The molecule has 0 fully saturated rings. The largest absolute Gasteiger partial charge is 0.480 e. The van der Waals surface area contributed by atoms with E-state index >= 15 is 0 Å². The van der Waals surface area contributed by atoms with Crippen LogP contribution in [0.15, 0.2) is 24.3 Å². The second-order valence-electron chi connectivity index (χ2n) is 5.77. The van der Waals surface area contributed by atoms with Crippen LogP contribution in [0.25, 0.3) is 0 Å². The molecule has 1 rings (SSSR count). The Labute approximate surface area is 143 Å². The van der Waals surface area contributed by atoms with Gasteiger partial charge in [0.25, 0.3) is 5.91 Å². The van der Waals surface area contributed by atoms with Gasteiger partial charge in [0.05, 0.1) is 5.56 Å². The molecule has 25 heavy (non-hydrogen) atoms. The monoisotopic (exact) mass is 361 g/mol. The SMILES string of the molecule is CCCCCC[C@@H](NC(=O)[C@@H](O)c1ccc(C(F)(F)F)cc1)C(=O)O. The van der Waals surface area contributed by atoms with Gasteiger partial charge >= 0.3 is 12.1 Å². The van der Waals surface area contributed by atoms with Crippen LogP contribution in [0, 0.1) is 0 Å². The quantitative estimate of drug-likeness (QED) is 0.589. The molecule has 0 unspecified atom stereocenters. The van der Waals surface area contributed by atoms with E-state index in [0.717, 1.165) is 43.5 Å². The molecule has 5 nitrogen and oxygen atoms in total. The van der Waals surface area contributed by atoms with Gasteiger partial charge in [0.1, 0.15) is 6.04 Å². The molecule has 1 aromatic rings. The summed E-state index contributed by atoms with van der Waals surface area (Å²) in [5.74, 6) is -2.17. The van der Waals surface area contributed by atoms with Crippen LogP contribution in [0.1, 0.15) is 56.3 Å². The Kier molecular flexibility index (Phi) is 7.89. The van der Waals surface area contributed by atoms with Crippen LogP contribution >= 0.6 is 0 Å². The van der Waals surface area contributed by atoms with Crippen molar-refractivity contribution in [2.24, 2.45) is 0 Å². The number of hydrogen-bond acceptors (Lipinski definition) is 3. The van der Waals surface area contributed by atoms with Gasteiger partial charge in [-0.1, -0.05) is 44.7 Å². The van der Waals surface area contributed by atoms with E-state index in [1.165, 1.54) is 0 Å². The summed E-state index contributed by atoms with van der Waals surface area (Å²) in [6.07, 6.45) is -2.65. The van der Waals surface area contributed by atoms with Crippen LogP contribution in [0.5, 0.6) is 0 Å². The smallest absolute Gasteiger partial charge is 0.416 e. The third-order valence-electron chi connectivity index (χ3n) is 3.76. The molecule has 0 spiro atoms. The van der Waals surface area contributed by atoms with Crippen LogP contribution in [0.3, 0.4) is 0 Å². The van der Waals surface area contributed by atoms with Gasteiger partial charge in [0.15, 0.2) is 6.10 Å². The zero-order chi connectivity index (χ0) is 19.0. The van der Waals surface area contributed by atoms with Gasteiger partial charge in [-0.2, -0.15) is 13.2 Å². The fourth-order valence-corrected chi connectivity index (χ4v) is 2.29. The lowest BCUT2D eigenvalue weighted by molar-refractivity contribution is -0.143. The Morgan fingerprint density at radius 1 is 1.12 bits per heavy atom. The fraction of sp³-hybridized carbons (Fsp3) is 0.529. The highest BCUT2D eigenvalue weighted by atomic mass is 19.4. The molecular formula is C17H22F3NO4. The number of benzene rings is 1. The van der Waals surface area contributed by atoms with Crippen molar-refractivity contribution < 1.29 is 33.0 Å². The highest BCUT2D eigenvalue weighted by Gasteiger charge is 2.31. The molecular weight excluding hydrogens is 339 g/mol. The number of aliphatic hydroxyl groups excluding tert-OH is 1. The topological polar surface area (TPSA) is 86.6 Å². The summed E-state index contributed by atoms with van der Waals surface area (Å²) < 4.78 is 37.5. The summed E-state index contributed by atoms with van der Waals surface area (Å²) in [5, 5.41) is 21.3. The number of hydrogen-bond donors (Lipinski definition) is 3. The summed E-state index contributed by atoms with van der Waals surface area (Å²) in [6.45, 7) is 2.01. The highest BCUT2D eigenvalue weighted by Crippen LogP contribution is 2.30. The van der Waals surface area contributed by atoms with Gasteiger partial charge in [0.2, 0.25) is 0 Å². The molecule has 0 bridgehead atoms. The first-order valence-electron chi connectivity index (χ1n) is 8.05. The maximum Gasteiger partial charge on any atom is 0.416 e. The normalized spacial score (nSPS) is 14.0. The van der Waals surface area contributed by atoms with E-state index in [2.05, 4.69) is 5.32 Å². The van der Waals surface area contributed by atoms with E-state index < -0.39 is 35.8 Å². The Morgan fingerprint density at radius 3 is 2.20 bits per heavy atom. The minimum absolute atomic E-state index is 0.0411. The predicted octanol–water partition coefficient (Wildman–Crippen LogP) is 3.28. The second kappa shape index (κ2) is 9.41. The Hall–Kier alpha value is -2.09. The molecule has 3 N–H and O–H groups in total. The number of carbonyl (C=O) groups is 2. The Morgan fingerprint density at radius 2 is 1.72 bits per heavy atom. The standard InChI is InChI=1S/C17H22F3NO4/c1-2-3-4-5-6-13(16(24)25)21-15(23)14(22)11-7-9-12(10-8-11)17(18,19)20/h7-10,13-14,22H,2-6H2,1H3,(H,21,23)(H,24,25)/t13-,14+/m1/s1. The number of aliphatic carboxylic acids is 1. The summed E-state index contributed by atoms with van der Waals surface area (Å²) in [5.41, 5.74) is -0.941. The maximum absolute atomic E-state index is 12.5. The third-order valence-corrected chi connectivity index (χ3v) is 3.76. The fourth-order valence-electron chi connectivity index (χ4n) is 2.29. The number of rotatable bonds is 9. The van der Waals surface area contributed by atoms with Crippen LogP contribution in [0.4, 0.5) is 13.2 Å². The molecule has 0 aromatic heterocycles. The molecule has 1 aromatic carbocycles. The third kappa shape index (κ3) is 6.74. The predicted molar refractivity (Wildman–Crippen MR) is 84.7 cm³/mol. The first kappa shape index (κ1) is 21.0. The number of aliphatic hydroxyl groups is 1. The van der Waals surface area contributed by atoms with Crippen molar-refractivity contribution in [2.45, 2.75) is 57.3 Å². The summed E-state index contributed by atoms with van der Waals surface area (Å²) in [7, 11) is 0. The number of amides is 1. The lowest BCUT2D eigenvalue weighted by Gasteiger charge is -2.18. The van der Waals surface area contributed by atoms with Crippen molar-refractivity contribution in [2.75, 3.05) is 0 Å². The van der Waals surface area contributed by atoms with Gasteiger partial charge in [-0.3, -0.25) is 4.79 Å². The van der Waals surface area contributed by atoms with Crippen molar-refractivity contribution in [1.82, 2.24) is 5.32 Å². The number of unbranched alkanes of at least 4 members (excludes halogenated alkanes) is 3. The lowest BCUT2D eigenvalue weighted by atomic mass is 10.0. The summed E-state index contributed by atoms with van der Waals surface area (Å²) >= 11 is 0. The average molecular weight is 361 g/mol. The minimum Gasteiger partial charge on any atom is -0.480 e. The number of carboxylic acids is 1. The van der Waals surface area contributed by atoms with Crippen molar-refractivity contribution in [3.63, 3.8) is 0 Å². The molecule has 0 saturated carbocycles. The molecule has 8 heteroatoms. The molecule has 0 radical (unpaired) electrons. The van der Waals surface area contributed by atoms with Gasteiger partial charge in [-0.15, -0.1) is 0 Å². The second-order valence-corrected chi connectivity index (χ2v) is 5.77. The molecule has 0 aliphatic heterocycles. The molecule has 0 aliphatic rings. The molecule has 2 atom stereocenters. The van der Waals surface area contributed by atoms with E-state index in [1.807, 2.05) is 6.92 Å². The zero-order valence-corrected chi connectivity index (χ0v) is 13.8. The molecule has 1 amide bonds. The van der Waals surface area contributed by atoms with Gasteiger partial charge in [0, 0.05) is 0 Å². The molecule has 140 valence electrons. The first-order chi connectivity index (χ1) is 11.7. The van der Waals surface area contributed by atoms with Crippen LogP contribution in [-0.4, -0.2) is 28.1 Å². The van der Waals surface area contributed by atoms with Crippen LogP contribution in [0.2, 0.25) is 0 Å². The summed E-state index contributed by atoms with van der Waals surface area (Å²) in [6, 6.07) is 2.35. The molecule has 0 saturated heterocycles. The molecule has 0 aliphatic carbocycles. The van der Waals surface area contributed by atoms with E-state index in [1.54, 1.807) is 0 Å². The van der Waals surface area contributed by atoms with Crippen LogP contribution < -0.4 is 5.32 Å². The number of nitrogens with one attached hydrogen (secondary N) is 1. The van der Waals surface area contributed by atoms with E-state index in [0.29, 0.717) is 6.42 Å². The van der Waals surface area contributed by atoms with Gasteiger partial charge in [-0.05, 0) is 24.1 Å². The van der Waals surface area contributed by atoms with E-state index in [9.17, 15) is 27.9 Å². The summed E-state index contributed by atoms with van der Waals surface area (Å²) in [4.78, 5) is 23.2. The Balaban J connectivity index is 2.68. The number of halogens is 3. The average Bonchev–Trinajstić information content (AvgIpc) is 2.55. The number of carboxylic acid groups (broad SMARTS) is 1. The minimum atomic E-state index is -4.52.